The van der Waals surface area contributed by atoms with Crippen LogP contribution >= 0.6 is 0 Å². The van der Waals surface area contributed by atoms with Crippen LogP contribution in [-0.4, -0.2) is 22.2 Å². The van der Waals surface area contributed by atoms with Crippen LogP contribution in [-0.2, 0) is 11.3 Å². The van der Waals surface area contributed by atoms with E-state index in [4.69, 9.17) is 10.5 Å². The average Bonchev–Trinajstić information content (AvgIpc) is 2.71. The van der Waals surface area contributed by atoms with Gasteiger partial charge in [-0.1, -0.05) is 0 Å². The van der Waals surface area contributed by atoms with E-state index in [1.165, 1.54) is 0 Å². The Balaban J connectivity index is 2.23. The Labute approximate surface area is 77.7 Å². The van der Waals surface area contributed by atoms with E-state index in [2.05, 4.69) is 16.5 Å². The third-order valence-electron chi connectivity index (χ3n) is 2.51. The van der Waals surface area contributed by atoms with Crippen molar-refractivity contribution >= 4 is 0 Å². The molecule has 0 aliphatic carbocycles. The predicted octanol–water partition coefficient (Wildman–Crippen LogP) is 0.692. The van der Waals surface area contributed by atoms with Gasteiger partial charge in [0.15, 0.2) is 0 Å². The Morgan fingerprint density at radius 3 is 3.23 bits per heavy atom. The Morgan fingerprint density at radius 2 is 2.62 bits per heavy atom. The second kappa shape index (κ2) is 3.47. The lowest BCUT2D eigenvalue weighted by Crippen LogP contribution is -2.25. The maximum atomic E-state index is 5.93. The van der Waals surface area contributed by atoms with Crippen LogP contribution < -0.4 is 5.73 Å². The van der Waals surface area contributed by atoms with Crippen LogP contribution in [0, 0.1) is 0 Å². The Bertz CT molecular complexity index is 284. The van der Waals surface area contributed by atoms with Gasteiger partial charge in [0, 0.05) is 19.2 Å². The lowest BCUT2D eigenvalue weighted by atomic mass is 10.1. The average molecular weight is 181 g/mol. The standard InChI is InChI=1S/C9H15N3O/c1-2-12-6-11-5-8(12)9-7(10)3-4-13-9/h5-7,9H,2-4,10H2,1H3. The summed E-state index contributed by atoms with van der Waals surface area (Å²) in [6.07, 6.45) is 4.66. The van der Waals surface area contributed by atoms with Crippen molar-refractivity contribution < 1.29 is 4.74 Å². The molecular weight excluding hydrogens is 166 g/mol. The minimum atomic E-state index is 0.0439. The number of imidazole rings is 1. The van der Waals surface area contributed by atoms with Gasteiger partial charge in [-0.3, -0.25) is 0 Å². The maximum Gasteiger partial charge on any atom is 0.114 e. The number of ether oxygens (including phenoxy) is 1. The molecule has 1 aliphatic rings. The molecule has 0 amide bonds. The fraction of sp³-hybridized carbons (Fsp3) is 0.667. The number of hydrogen-bond acceptors (Lipinski definition) is 3. The van der Waals surface area contributed by atoms with Crippen molar-refractivity contribution in [1.82, 2.24) is 9.55 Å². The molecule has 2 atom stereocenters. The summed E-state index contributed by atoms with van der Waals surface area (Å²) in [5.74, 6) is 0. The molecule has 1 aromatic heterocycles. The topological polar surface area (TPSA) is 53.1 Å². The maximum absolute atomic E-state index is 5.93. The molecule has 2 heterocycles. The van der Waals surface area contributed by atoms with E-state index < -0.39 is 0 Å². The van der Waals surface area contributed by atoms with Crippen molar-refractivity contribution in [3.8, 4) is 0 Å². The number of nitrogens with zero attached hydrogens (tertiary/aromatic N) is 2. The summed E-state index contributed by atoms with van der Waals surface area (Å²) in [6.45, 7) is 3.77. The molecule has 0 spiro atoms. The Kier molecular flexibility index (Phi) is 2.33. The van der Waals surface area contributed by atoms with Crippen molar-refractivity contribution in [2.24, 2.45) is 5.73 Å². The first-order valence-electron chi connectivity index (χ1n) is 4.70. The number of aromatic nitrogens is 2. The predicted molar refractivity (Wildman–Crippen MR) is 49.2 cm³/mol. The fourth-order valence-corrected chi connectivity index (χ4v) is 1.74. The molecule has 1 aliphatic heterocycles. The van der Waals surface area contributed by atoms with E-state index in [0.29, 0.717) is 0 Å². The van der Waals surface area contributed by atoms with Crippen LogP contribution in [0.5, 0.6) is 0 Å². The second-order valence-corrected chi connectivity index (χ2v) is 3.35. The van der Waals surface area contributed by atoms with Crippen molar-refractivity contribution in [1.29, 1.82) is 0 Å². The third-order valence-corrected chi connectivity index (χ3v) is 2.51. The second-order valence-electron chi connectivity index (χ2n) is 3.35. The van der Waals surface area contributed by atoms with Crippen molar-refractivity contribution in [3.05, 3.63) is 18.2 Å². The zero-order valence-electron chi connectivity index (χ0n) is 7.81. The van der Waals surface area contributed by atoms with Crippen LogP contribution in [0.25, 0.3) is 0 Å². The van der Waals surface area contributed by atoms with Gasteiger partial charge >= 0.3 is 0 Å². The summed E-state index contributed by atoms with van der Waals surface area (Å²) < 4.78 is 7.65. The molecule has 1 aromatic rings. The van der Waals surface area contributed by atoms with E-state index in [-0.39, 0.29) is 12.1 Å². The molecule has 2 rings (SSSR count). The molecule has 72 valence electrons. The highest BCUT2D eigenvalue weighted by Crippen LogP contribution is 2.27. The molecule has 1 fully saturated rings. The summed E-state index contributed by atoms with van der Waals surface area (Å²) in [5.41, 5.74) is 7.03. The molecule has 13 heavy (non-hydrogen) atoms. The fourth-order valence-electron chi connectivity index (χ4n) is 1.74. The number of aryl methyl sites for hydroxylation is 1. The van der Waals surface area contributed by atoms with Gasteiger partial charge in [-0.2, -0.15) is 0 Å². The van der Waals surface area contributed by atoms with Gasteiger partial charge in [0.25, 0.3) is 0 Å². The van der Waals surface area contributed by atoms with Gasteiger partial charge in [-0.25, -0.2) is 4.98 Å². The summed E-state index contributed by atoms with van der Waals surface area (Å²) in [4.78, 5) is 4.10. The zero-order valence-corrected chi connectivity index (χ0v) is 7.81. The van der Waals surface area contributed by atoms with Crippen molar-refractivity contribution in [3.63, 3.8) is 0 Å². The van der Waals surface area contributed by atoms with Gasteiger partial charge < -0.3 is 15.0 Å². The van der Waals surface area contributed by atoms with E-state index in [0.717, 1.165) is 25.3 Å². The lowest BCUT2D eigenvalue weighted by Gasteiger charge is -2.15. The molecular formula is C9H15N3O. The summed E-state index contributed by atoms with van der Waals surface area (Å²) in [6, 6.07) is 0.127. The first-order chi connectivity index (χ1) is 6.33. The highest BCUT2D eigenvalue weighted by atomic mass is 16.5. The normalized spacial score (nSPS) is 28.2. The molecule has 1 saturated heterocycles. The van der Waals surface area contributed by atoms with Gasteiger partial charge in [-0.15, -0.1) is 0 Å². The quantitative estimate of drug-likeness (QED) is 0.730. The number of nitrogens with two attached hydrogens (primary N) is 1. The van der Waals surface area contributed by atoms with Gasteiger partial charge in [-0.05, 0) is 13.3 Å². The summed E-state index contributed by atoms with van der Waals surface area (Å²) >= 11 is 0. The van der Waals surface area contributed by atoms with Crippen LogP contribution in [0.1, 0.15) is 25.1 Å². The largest absolute Gasteiger partial charge is 0.370 e. The molecule has 4 nitrogen and oxygen atoms in total. The van der Waals surface area contributed by atoms with E-state index in [9.17, 15) is 0 Å². The van der Waals surface area contributed by atoms with Crippen molar-refractivity contribution in [2.75, 3.05) is 6.61 Å². The van der Waals surface area contributed by atoms with Crippen molar-refractivity contribution in [2.45, 2.75) is 32.0 Å². The molecule has 2 N–H and O–H groups in total. The first-order valence-corrected chi connectivity index (χ1v) is 4.70. The van der Waals surface area contributed by atoms with Crippen LogP contribution in [0.15, 0.2) is 12.5 Å². The third kappa shape index (κ3) is 1.47. The zero-order chi connectivity index (χ0) is 9.26. The number of rotatable bonds is 2. The van der Waals surface area contributed by atoms with Crippen LogP contribution in [0.2, 0.25) is 0 Å². The van der Waals surface area contributed by atoms with Crippen LogP contribution in [0.4, 0.5) is 0 Å². The molecule has 0 bridgehead atoms. The smallest absolute Gasteiger partial charge is 0.114 e. The molecule has 0 radical (unpaired) electrons. The van der Waals surface area contributed by atoms with Gasteiger partial charge in [0.05, 0.1) is 18.2 Å². The molecule has 4 heteroatoms. The SMILES string of the molecule is CCn1cncc1C1OCCC1N. The minimum Gasteiger partial charge on any atom is -0.370 e. The highest BCUT2D eigenvalue weighted by Gasteiger charge is 2.28. The summed E-state index contributed by atoms with van der Waals surface area (Å²) in [7, 11) is 0. The van der Waals surface area contributed by atoms with Gasteiger partial charge in [0.1, 0.15) is 6.10 Å². The lowest BCUT2D eigenvalue weighted by molar-refractivity contribution is 0.0986. The van der Waals surface area contributed by atoms with Gasteiger partial charge in [0.2, 0.25) is 0 Å². The Morgan fingerprint density at radius 1 is 1.77 bits per heavy atom. The monoisotopic (exact) mass is 181 g/mol. The number of hydrogen-bond donors (Lipinski definition) is 1. The van der Waals surface area contributed by atoms with E-state index >= 15 is 0 Å². The van der Waals surface area contributed by atoms with E-state index in [1.807, 2.05) is 12.5 Å². The van der Waals surface area contributed by atoms with Crippen LogP contribution in [0.3, 0.4) is 0 Å². The molecule has 2 unspecified atom stereocenters. The highest BCUT2D eigenvalue weighted by molar-refractivity contribution is 5.07. The minimum absolute atomic E-state index is 0.0439. The Hall–Kier alpha value is -0.870. The van der Waals surface area contributed by atoms with E-state index in [1.54, 1.807) is 0 Å². The summed E-state index contributed by atoms with van der Waals surface area (Å²) in [5, 5.41) is 0. The first kappa shape index (κ1) is 8.72. The molecule has 0 aromatic carbocycles. The molecule has 0 saturated carbocycles.